The highest BCUT2D eigenvalue weighted by molar-refractivity contribution is 5.99. The fourth-order valence-electron chi connectivity index (χ4n) is 3.93. The van der Waals surface area contributed by atoms with E-state index in [-0.39, 0.29) is 5.91 Å². The molecule has 1 amide bonds. The predicted octanol–water partition coefficient (Wildman–Crippen LogP) is 5.18. The fraction of sp³-hybridized carbons (Fsp3) is 0.360. The number of carbonyl (C=O) groups is 1. The highest BCUT2D eigenvalue weighted by atomic mass is 16.5. The van der Waals surface area contributed by atoms with E-state index < -0.39 is 0 Å². The van der Waals surface area contributed by atoms with Crippen molar-refractivity contribution in [2.45, 2.75) is 26.7 Å². The molecular formula is C25H28N2O3. The molecule has 0 unspecified atom stereocenters. The molecular weight excluding hydrogens is 376 g/mol. The largest absolute Gasteiger partial charge is 0.497 e. The molecule has 0 atom stereocenters. The first-order chi connectivity index (χ1) is 14.6. The Kier molecular flexibility index (Phi) is 5.88. The zero-order valence-corrected chi connectivity index (χ0v) is 17.9. The van der Waals surface area contributed by atoms with Gasteiger partial charge >= 0.3 is 0 Å². The van der Waals surface area contributed by atoms with Crippen LogP contribution in [0.1, 0.15) is 37.0 Å². The van der Waals surface area contributed by atoms with Crippen LogP contribution in [0.2, 0.25) is 0 Å². The lowest BCUT2D eigenvalue weighted by Gasteiger charge is -2.30. The van der Waals surface area contributed by atoms with E-state index in [1.165, 1.54) is 0 Å². The van der Waals surface area contributed by atoms with Crippen LogP contribution >= 0.6 is 0 Å². The third-order valence-electron chi connectivity index (χ3n) is 5.75. The van der Waals surface area contributed by atoms with Gasteiger partial charge in [0.15, 0.2) is 0 Å². The molecule has 1 saturated heterocycles. The summed E-state index contributed by atoms with van der Waals surface area (Å²) in [7, 11) is 1.65. The molecule has 4 rings (SSSR count). The number of carbonyl (C=O) groups excluding carboxylic acids is 1. The molecule has 5 nitrogen and oxygen atoms in total. The van der Waals surface area contributed by atoms with Crippen LogP contribution in [0.4, 0.5) is 0 Å². The van der Waals surface area contributed by atoms with Crippen molar-refractivity contribution in [3.05, 3.63) is 54.1 Å². The Bertz CT molecular complexity index is 1060. The third kappa shape index (κ3) is 4.11. The minimum atomic E-state index is 0.0862. The van der Waals surface area contributed by atoms with Gasteiger partial charge in [-0.3, -0.25) is 4.79 Å². The average molecular weight is 405 g/mol. The maximum atomic E-state index is 13.0. The highest BCUT2D eigenvalue weighted by Crippen LogP contribution is 2.32. The minimum Gasteiger partial charge on any atom is -0.497 e. The Morgan fingerprint density at radius 2 is 1.93 bits per heavy atom. The van der Waals surface area contributed by atoms with Crippen LogP contribution in [-0.4, -0.2) is 42.6 Å². The van der Waals surface area contributed by atoms with E-state index >= 15 is 0 Å². The molecule has 0 saturated carbocycles. The average Bonchev–Trinajstić information content (AvgIpc) is 2.79. The van der Waals surface area contributed by atoms with Gasteiger partial charge in [-0.25, -0.2) is 4.98 Å². The summed E-state index contributed by atoms with van der Waals surface area (Å²) in [5.74, 6) is 2.30. The van der Waals surface area contributed by atoms with Gasteiger partial charge in [0.05, 0.1) is 24.9 Å². The summed E-state index contributed by atoms with van der Waals surface area (Å²) in [5, 5.41) is 0.861. The standard InChI is InChI=1S/C25H28N2O3/c1-4-30-24-16-23(18-6-5-7-20(14-18)29-3)26-22-9-8-19(15-21(22)24)25(28)27-12-10-17(2)11-13-27/h5-9,14-17H,4,10-13H2,1-3H3. The highest BCUT2D eigenvalue weighted by Gasteiger charge is 2.22. The molecule has 1 aliphatic rings. The number of aromatic nitrogens is 1. The first-order valence-corrected chi connectivity index (χ1v) is 10.6. The van der Waals surface area contributed by atoms with Crippen LogP contribution in [0, 0.1) is 5.92 Å². The van der Waals surface area contributed by atoms with Crippen molar-refractivity contribution in [3.63, 3.8) is 0 Å². The zero-order chi connectivity index (χ0) is 21.1. The summed E-state index contributed by atoms with van der Waals surface area (Å²) in [6.07, 6.45) is 2.13. The van der Waals surface area contributed by atoms with Crippen LogP contribution in [0.5, 0.6) is 11.5 Å². The van der Waals surface area contributed by atoms with Gasteiger partial charge in [0, 0.05) is 35.7 Å². The van der Waals surface area contributed by atoms with Gasteiger partial charge in [-0.2, -0.15) is 0 Å². The molecule has 30 heavy (non-hydrogen) atoms. The van der Waals surface area contributed by atoms with Crippen molar-refractivity contribution < 1.29 is 14.3 Å². The molecule has 5 heteroatoms. The van der Waals surface area contributed by atoms with Gasteiger partial charge < -0.3 is 14.4 Å². The number of pyridine rings is 1. The fourth-order valence-corrected chi connectivity index (χ4v) is 3.93. The molecule has 0 aliphatic carbocycles. The smallest absolute Gasteiger partial charge is 0.253 e. The van der Waals surface area contributed by atoms with E-state index in [0.29, 0.717) is 18.1 Å². The molecule has 3 aromatic rings. The van der Waals surface area contributed by atoms with Crippen LogP contribution in [-0.2, 0) is 0 Å². The summed E-state index contributed by atoms with van der Waals surface area (Å²) >= 11 is 0. The van der Waals surface area contributed by atoms with Crippen LogP contribution < -0.4 is 9.47 Å². The van der Waals surface area contributed by atoms with Gasteiger partial charge in [-0.1, -0.05) is 19.1 Å². The molecule has 0 N–H and O–H groups in total. The predicted molar refractivity (Wildman–Crippen MR) is 119 cm³/mol. The van der Waals surface area contributed by atoms with Crippen LogP contribution in [0.25, 0.3) is 22.2 Å². The van der Waals surface area contributed by atoms with Crippen molar-refractivity contribution in [3.8, 4) is 22.8 Å². The number of likely N-dealkylation sites (tertiary alicyclic amines) is 1. The lowest BCUT2D eigenvalue weighted by Crippen LogP contribution is -2.37. The van der Waals surface area contributed by atoms with Crippen LogP contribution in [0.3, 0.4) is 0 Å². The number of benzene rings is 2. The van der Waals surface area contributed by atoms with Crippen molar-refractivity contribution in [1.82, 2.24) is 9.88 Å². The van der Waals surface area contributed by atoms with E-state index in [2.05, 4.69) is 6.92 Å². The molecule has 1 aromatic heterocycles. The number of hydrogen-bond donors (Lipinski definition) is 0. The minimum absolute atomic E-state index is 0.0862. The van der Waals surface area contributed by atoms with Crippen LogP contribution in [0.15, 0.2) is 48.5 Å². The molecule has 0 radical (unpaired) electrons. The summed E-state index contributed by atoms with van der Waals surface area (Å²) in [5.41, 5.74) is 3.27. The lowest BCUT2D eigenvalue weighted by molar-refractivity contribution is 0.0697. The van der Waals surface area contributed by atoms with Gasteiger partial charge in [0.1, 0.15) is 11.5 Å². The molecule has 0 spiro atoms. The third-order valence-corrected chi connectivity index (χ3v) is 5.75. The number of fused-ring (bicyclic) bond motifs is 1. The van der Waals surface area contributed by atoms with E-state index in [1.54, 1.807) is 7.11 Å². The van der Waals surface area contributed by atoms with Gasteiger partial charge in [0.25, 0.3) is 5.91 Å². The van der Waals surface area contributed by atoms with E-state index in [1.807, 2.05) is 60.4 Å². The summed E-state index contributed by atoms with van der Waals surface area (Å²) in [4.78, 5) is 19.8. The maximum absolute atomic E-state index is 13.0. The Hall–Kier alpha value is -3.08. The maximum Gasteiger partial charge on any atom is 0.253 e. The van der Waals surface area contributed by atoms with E-state index in [4.69, 9.17) is 14.5 Å². The molecule has 1 fully saturated rings. The van der Waals surface area contributed by atoms with Crippen molar-refractivity contribution >= 4 is 16.8 Å². The first-order valence-electron chi connectivity index (χ1n) is 10.6. The molecule has 2 aromatic carbocycles. The quantitative estimate of drug-likeness (QED) is 0.588. The molecule has 156 valence electrons. The normalized spacial score (nSPS) is 14.7. The summed E-state index contributed by atoms with van der Waals surface area (Å²) in [6, 6.07) is 15.5. The Balaban J connectivity index is 1.72. The zero-order valence-electron chi connectivity index (χ0n) is 17.9. The van der Waals surface area contributed by atoms with E-state index in [0.717, 1.165) is 59.6 Å². The monoisotopic (exact) mass is 404 g/mol. The van der Waals surface area contributed by atoms with E-state index in [9.17, 15) is 4.79 Å². The van der Waals surface area contributed by atoms with Crippen molar-refractivity contribution in [2.75, 3.05) is 26.8 Å². The number of rotatable bonds is 5. The van der Waals surface area contributed by atoms with Crippen molar-refractivity contribution in [1.29, 1.82) is 0 Å². The van der Waals surface area contributed by atoms with Gasteiger partial charge in [-0.15, -0.1) is 0 Å². The topological polar surface area (TPSA) is 51.7 Å². The Labute approximate surface area is 177 Å². The molecule has 0 bridgehead atoms. The second kappa shape index (κ2) is 8.74. The van der Waals surface area contributed by atoms with Gasteiger partial charge in [-0.05, 0) is 56.0 Å². The number of hydrogen-bond acceptors (Lipinski definition) is 4. The number of nitrogens with zero attached hydrogens (tertiary/aromatic N) is 2. The lowest BCUT2D eigenvalue weighted by atomic mass is 9.98. The number of piperidine rings is 1. The summed E-state index contributed by atoms with van der Waals surface area (Å²) in [6.45, 7) is 6.39. The first kappa shape index (κ1) is 20.2. The second-order valence-electron chi connectivity index (χ2n) is 7.88. The van der Waals surface area contributed by atoms with Crippen molar-refractivity contribution in [2.24, 2.45) is 5.92 Å². The number of methoxy groups -OCH3 is 1. The molecule has 2 heterocycles. The summed E-state index contributed by atoms with van der Waals surface area (Å²) < 4.78 is 11.3. The van der Waals surface area contributed by atoms with Gasteiger partial charge in [0.2, 0.25) is 0 Å². The second-order valence-corrected chi connectivity index (χ2v) is 7.88. The SMILES string of the molecule is CCOc1cc(-c2cccc(OC)c2)nc2ccc(C(=O)N3CCC(C)CC3)cc12. The number of ether oxygens (including phenoxy) is 2. The Morgan fingerprint density at radius 1 is 1.13 bits per heavy atom. The Morgan fingerprint density at radius 3 is 2.67 bits per heavy atom. The number of amides is 1. The molecule has 1 aliphatic heterocycles.